The molecule has 166 valence electrons. The Labute approximate surface area is 176 Å². The fraction of sp³-hybridized carbons (Fsp3) is 0.545. The molecule has 0 fully saturated rings. The molecule has 0 bridgehead atoms. The lowest BCUT2D eigenvalue weighted by molar-refractivity contribution is 0.0583. The molecule has 8 heteroatoms. The van der Waals surface area contributed by atoms with Crippen molar-refractivity contribution in [2.75, 3.05) is 28.4 Å². The van der Waals surface area contributed by atoms with Gasteiger partial charge in [-0.1, -0.05) is 26.7 Å². The molecule has 2 heterocycles. The SMILES string of the molecule is CCCCc1c(-c2oc(OC)c(C(=O)OC)c2CCCC)oc(OC)c1C(=O)OC. The Kier molecular flexibility index (Phi) is 8.38. The van der Waals surface area contributed by atoms with E-state index in [0.29, 0.717) is 35.5 Å². The van der Waals surface area contributed by atoms with Crippen molar-refractivity contribution in [3.8, 4) is 23.4 Å². The summed E-state index contributed by atoms with van der Waals surface area (Å²) in [6, 6.07) is 0. The van der Waals surface area contributed by atoms with Gasteiger partial charge >= 0.3 is 11.9 Å². The minimum absolute atomic E-state index is 0.0411. The van der Waals surface area contributed by atoms with Crippen molar-refractivity contribution in [1.29, 1.82) is 0 Å². The number of hydrogen-bond donors (Lipinski definition) is 0. The summed E-state index contributed by atoms with van der Waals surface area (Å²) in [6.07, 6.45) is 4.54. The van der Waals surface area contributed by atoms with Crippen LogP contribution in [0.4, 0.5) is 0 Å². The number of methoxy groups -OCH3 is 4. The van der Waals surface area contributed by atoms with Crippen LogP contribution in [0.2, 0.25) is 0 Å². The number of rotatable bonds is 11. The largest absolute Gasteiger partial charge is 0.468 e. The number of carbonyl (C=O) groups excluding carboxylic acids is 2. The lowest BCUT2D eigenvalue weighted by atomic mass is 9.98. The molecule has 8 nitrogen and oxygen atoms in total. The van der Waals surface area contributed by atoms with Crippen molar-refractivity contribution < 1.29 is 37.4 Å². The van der Waals surface area contributed by atoms with Gasteiger partial charge in [-0.05, 0) is 25.7 Å². The molecule has 0 aromatic carbocycles. The number of esters is 2. The van der Waals surface area contributed by atoms with Crippen molar-refractivity contribution in [3.63, 3.8) is 0 Å². The smallest absolute Gasteiger partial charge is 0.345 e. The molecule has 0 unspecified atom stereocenters. The van der Waals surface area contributed by atoms with E-state index in [1.165, 1.54) is 28.4 Å². The van der Waals surface area contributed by atoms with Gasteiger partial charge in [0.2, 0.25) is 0 Å². The lowest BCUT2D eigenvalue weighted by Crippen LogP contribution is -2.07. The van der Waals surface area contributed by atoms with Crippen molar-refractivity contribution >= 4 is 11.9 Å². The molecule has 0 N–H and O–H groups in total. The predicted octanol–water partition coefficient (Wildman–Crippen LogP) is 4.82. The van der Waals surface area contributed by atoms with E-state index in [2.05, 4.69) is 0 Å². The molecule has 0 aliphatic carbocycles. The molecule has 0 spiro atoms. The Morgan fingerprint density at radius 3 is 1.33 bits per heavy atom. The van der Waals surface area contributed by atoms with E-state index >= 15 is 0 Å². The molecule has 30 heavy (non-hydrogen) atoms. The van der Waals surface area contributed by atoms with Gasteiger partial charge in [0.15, 0.2) is 11.5 Å². The van der Waals surface area contributed by atoms with Crippen LogP contribution in [0.3, 0.4) is 0 Å². The zero-order chi connectivity index (χ0) is 22.3. The molecule has 0 aliphatic rings. The Bertz CT molecular complexity index is 802. The van der Waals surface area contributed by atoms with Gasteiger partial charge in [-0.2, -0.15) is 0 Å². The Balaban J connectivity index is 2.81. The summed E-state index contributed by atoms with van der Waals surface area (Å²) in [4.78, 5) is 24.9. The predicted molar refractivity (Wildman–Crippen MR) is 109 cm³/mol. The molecule has 0 saturated carbocycles. The van der Waals surface area contributed by atoms with Crippen LogP contribution in [0.15, 0.2) is 8.83 Å². The average Bonchev–Trinajstić information content (AvgIpc) is 3.32. The maximum absolute atomic E-state index is 12.5. The molecular weight excluding hydrogens is 392 g/mol. The molecule has 0 aliphatic heterocycles. The summed E-state index contributed by atoms with van der Waals surface area (Å²) in [7, 11) is 5.44. The summed E-state index contributed by atoms with van der Waals surface area (Å²) in [6.45, 7) is 4.10. The van der Waals surface area contributed by atoms with Crippen LogP contribution in [0.25, 0.3) is 11.5 Å². The molecule has 0 atom stereocenters. The minimum atomic E-state index is -0.560. The van der Waals surface area contributed by atoms with Crippen molar-refractivity contribution in [2.45, 2.75) is 52.4 Å². The fourth-order valence-electron chi connectivity index (χ4n) is 3.34. The molecule has 2 aromatic heterocycles. The quantitative estimate of drug-likeness (QED) is 0.476. The molecule has 0 radical (unpaired) electrons. The molecule has 2 rings (SSSR count). The first-order valence-corrected chi connectivity index (χ1v) is 10.0. The first-order valence-electron chi connectivity index (χ1n) is 10.0. The lowest BCUT2D eigenvalue weighted by Gasteiger charge is -2.06. The summed E-state index contributed by atoms with van der Waals surface area (Å²) in [5, 5.41) is 0. The second kappa shape index (κ2) is 10.8. The third-order valence-electron chi connectivity index (χ3n) is 4.87. The summed E-state index contributed by atoms with van der Waals surface area (Å²) in [5.41, 5.74) is 1.68. The Hall–Kier alpha value is -2.90. The summed E-state index contributed by atoms with van der Waals surface area (Å²) in [5.74, 6) is -0.371. The van der Waals surface area contributed by atoms with Crippen molar-refractivity contribution in [1.82, 2.24) is 0 Å². The van der Waals surface area contributed by atoms with E-state index in [1.54, 1.807) is 0 Å². The van der Waals surface area contributed by atoms with Crippen LogP contribution < -0.4 is 9.47 Å². The molecular formula is C22H30O8. The average molecular weight is 422 g/mol. The van der Waals surface area contributed by atoms with Gasteiger partial charge in [-0.15, -0.1) is 0 Å². The number of furan rings is 2. The monoisotopic (exact) mass is 422 g/mol. The van der Waals surface area contributed by atoms with Gasteiger partial charge in [0.05, 0.1) is 28.4 Å². The second-order valence-corrected chi connectivity index (χ2v) is 6.74. The van der Waals surface area contributed by atoms with E-state index in [1.807, 2.05) is 13.8 Å². The highest BCUT2D eigenvalue weighted by Crippen LogP contribution is 2.44. The van der Waals surface area contributed by atoms with Gasteiger partial charge < -0.3 is 27.8 Å². The van der Waals surface area contributed by atoms with Gasteiger partial charge in [0.1, 0.15) is 11.1 Å². The third kappa shape index (κ3) is 4.47. The second-order valence-electron chi connectivity index (χ2n) is 6.74. The van der Waals surface area contributed by atoms with E-state index in [-0.39, 0.29) is 23.0 Å². The van der Waals surface area contributed by atoms with Gasteiger partial charge in [-0.3, -0.25) is 0 Å². The van der Waals surface area contributed by atoms with Gasteiger partial charge in [0, 0.05) is 11.1 Å². The van der Waals surface area contributed by atoms with Crippen LogP contribution in [0.5, 0.6) is 11.9 Å². The van der Waals surface area contributed by atoms with Gasteiger partial charge in [0.25, 0.3) is 11.9 Å². The van der Waals surface area contributed by atoms with Crippen molar-refractivity contribution in [2.24, 2.45) is 0 Å². The number of hydrogen-bond acceptors (Lipinski definition) is 8. The zero-order valence-electron chi connectivity index (χ0n) is 18.5. The maximum Gasteiger partial charge on any atom is 0.345 e. The van der Waals surface area contributed by atoms with E-state index < -0.39 is 11.9 Å². The topological polar surface area (TPSA) is 97.3 Å². The van der Waals surface area contributed by atoms with Crippen LogP contribution >= 0.6 is 0 Å². The molecule has 2 aromatic rings. The van der Waals surface area contributed by atoms with Crippen LogP contribution in [0, 0.1) is 0 Å². The fourth-order valence-corrected chi connectivity index (χ4v) is 3.34. The van der Waals surface area contributed by atoms with Crippen molar-refractivity contribution in [3.05, 3.63) is 22.3 Å². The highest BCUT2D eigenvalue weighted by Gasteiger charge is 2.34. The van der Waals surface area contributed by atoms with Gasteiger partial charge in [-0.25, -0.2) is 9.59 Å². The number of carbonyl (C=O) groups is 2. The van der Waals surface area contributed by atoms with Crippen LogP contribution in [-0.4, -0.2) is 40.4 Å². The van der Waals surface area contributed by atoms with E-state index in [0.717, 1.165) is 25.7 Å². The number of ether oxygens (including phenoxy) is 4. The molecule has 0 saturated heterocycles. The van der Waals surface area contributed by atoms with E-state index in [9.17, 15) is 9.59 Å². The Morgan fingerprint density at radius 1 is 0.700 bits per heavy atom. The van der Waals surface area contributed by atoms with Crippen LogP contribution in [-0.2, 0) is 22.3 Å². The maximum atomic E-state index is 12.5. The normalized spacial score (nSPS) is 10.7. The highest BCUT2D eigenvalue weighted by molar-refractivity contribution is 5.98. The van der Waals surface area contributed by atoms with E-state index in [4.69, 9.17) is 27.8 Å². The third-order valence-corrected chi connectivity index (χ3v) is 4.87. The number of unbranched alkanes of at least 4 members (excludes halogenated alkanes) is 2. The van der Waals surface area contributed by atoms with Crippen LogP contribution in [0.1, 0.15) is 71.4 Å². The minimum Gasteiger partial charge on any atom is -0.468 e. The molecule has 0 amide bonds. The zero-order valence-corrected chi connectivity index (χ0v) is 18.5. The standard InChI is InChI=1S/C22H30O8/c1-7-9-11-13-15(19(23)25-3)21(27-5)29-17(13)18-14(12-10-8-2)16(20(24)26-4)22(28-6)30-18/h7-12H2,1-6H3. The Morgan fingerprint density at radius 2 is 1.07 bits per heavy atom. The summed E-state index contributed by atoms with van der Waals surface area (Å²) < 4.78 is 32.4. The summed E-state index contributed by atoms with van der Waals surface area (Å²) >= 11 is 0. The first-order chi connectivity index (χ1) is 14.5. The first kappa shape index (κ1) is 23.4. The highest BCUT2D eigenvalue weighted by atomic mass is 16.6.